The Hall–Kier alpha value is -4.04. The fourth-order valence-electron chi connectivity index (χ4n) is 5.36. The number of nitrogens with zero attached hydrogens (tertiary/aromatic N) is 1. The van der Waals surface area contributed by atoms with Gasteiger partial charge in [0.1, 0.15) is 31.5 Å². The normalized spacial score (nSPS) is 20.5. The molecule has 1 fully saturated rings. The minimum absolute atomic E-state index is 0.00848. The van der Waals surface area contributed by atoms with Crippen molar-refractivity contribution in [2.45, 2.75) is 128 Å². The molecule has 0 bridgehead atoms. The smallest absolute Gasteiger partial charge is 0.407 e. The van der Waals surface area contributed by atoms with Crippen molar-refractivity contribution in [2.75, 3.05) is 6.61 Å². The lowest BCUT2D eigenvalue weighted by molar-refractivity contribution is -0.230. The topological polar surface area (TPSA) is 175 Å². The van der Waals surface area contributed by atoms with Gasteiger partial charge in [0.05, 0.1) is 6.20 Å². The van der Waals surface area contributed by atoms with Crippen LogP contribution in [0, 0.1) is 5.82 Å². The Bertz CT molecular complexity index is 1420. The van der Waals surface area contributed by atoms with Crippen LogP contribution in [0.3, 0.4) is 0 Å². The molecule has 1 saturated heterocycles. The first-order valence-electron chi connectivity index (χ1n) is 16.8. The number of nitrogens with one attached hydrogen (secondary N) is 2. The lowest BCUT2D eigenvalue weighted by Crippen LogP contribution is -2.64. The van der Waals surface area contributed by atoms with Gasteiger partial charge >= 0.3 is 23.7 Å². The van der Waals surface area contributed by atoms with Gasteiger partial charge in [-0.15, -0.1) is 0 Å². The number of esters is 2. The summed E-state index contributed by atoms with van der Waals surface area (Å²) in [5.74, 6) is -2.57. The molecule has 0 unspecified atom stereocenters. The van der Waals surface area contributed by atoms with Crippen LogP contribution in [0.5, 0.6) is 0 Å². The lowest BCUT2D eigenvalue weighted by atomic mass is 9.95. The first-order chi connectivity index (χ1) is 23.1. The first kappa shape index (κ1) is 38.4. The number of alkyl carbamates (subject to hydrolysis) is 1. The van der Waals surface area contributed by atoms with Crippen LogP contribution in [0.15, 0.2) is 46.1 Å². The van der Waals surface area contributed by atoms with Gasteiger partial charge < -0.3 is 29.4 Å². The molecule has 1 aromatic heterocycles. The van der Waals surface area contributed by atoms with Gasteiger partial charge in [0.25, 0.3) is 5.56 Å². The van der Waals surface area contributed by atoms with E-state index >= 15 is 0 Å². The highest BCUT2D eigenvalue weighted by atomic mass is 19.1. The van der Waals surface area contributed by atoms with Crippen molar-refractivity contribution in [1.82, 2.24) is 14.9 Å². The summed E-state index contributed by atoms with van der Waals surface area (Å²) in [4.78, 5) is 65.1. The number of carbonyl (C=O) groups is 3. The van der Waals surface area contributed by atoms with Gasteiger partial charge in [0.2, 0.25) is 5.82 Å². The van der Waals surface area contributed by atoms with Crippen LogP contribution < -0.4 is 16.6 Å². The van der Waals surface area contributed by atoms with Gasteiger partial charge in [0.15, 0.2) is 12.3 Å². The summed E-state index contributed by atoms with van der Waals surface area (Å²) in [5, 5.41) is 13.9. The summed E-state index contributed by atoms with van der Waals surface area (Å²) in [7, 11) is 0. The van der Waals surface area contributed by atoms with Crippen LogP contribution in [-0.2, 0) is 35.1 Å². The molecule has 1 aromatic carbocycles. The zero-order valence-electron chi connectivity index (χ0n) is 27.7. The summed E-state index contributed by atoms with van der Waals surface area (Å²) >= 11 is 0. The second-order valence-electron chi connectivity index (χ2n) is 11.9. The molecular formula is C34H48FN3O10. The van der Waals surface area contributed by atoms with Gasteiger partial charge in [0, 0.05) is 12.8 Å². The zero-order chi connectivity index (χ0) is 34.9. The molecular weight excluding hydrogens is 629 g/mol. The van der Waals surface area contributed by atoms with Gasteiger partial charge in [-0.25, -0.2) is 9.59 Å². The van der Waals surface area contributed by atoms with Crippen molar-refractivity contribution in [3.63, 3.8) is 0 Å². The van der Waals surface area contributed by atoms with Crippen LogP contribution in [0.1, 0.15) is 103 Å². The fraction of sp³-hybridized carbons (Fsp3) is 0.618. The molecule has 5 atom stereocenters. The van der Waals surface area contributed by atoms with Crippen molar-refractivity contribution in [3.8, 4) is 0 Å². The van der Waals surface area contributed by atoms with E-state index in [0.29, 0.717) is 29.2 Å². The van der Waals surface area contributed by atoms with E-state index in [1.807, 2.05) is 4.98 Å². The van der Waals surface area contributed by atoms with Gasteiger partial charge in [-0.3, -0.25) is 23.9 Å². The van der Waals surface area contributed by atoms with Gasteiger partial charge in [-0.2, -0.15) is 4.39 Å². The maximum absolute atomic E-state index is 14.5. The first-order valence-corrected chi connectivity index (χ1v) is 16.8. The molecule has 0 aliphatic carbocycles. The number of ether oxygens (including phenoxy) is 4. The molecule has 1 aliphatic rings. The Morgan fingerprint density at radius 2 is 1.54 bits per heavy atom. The molecule has 3 rings (SSSR count). The lowest BCUT2D eigenvalue weighted by Gasteiger charge is -2.44. The van der Waals surface area contributed by atoms with Gasteiger partial charge in [-0.1, -0.05) is 95.5 Å². The third-order valence-electron chi connectivity index (χ3n) is 8.03. The summed E-state index contributed by atoms with van der Waals surface area (Å²) in [6.45, 7) is 3.51. The molecule has 266 valence electrons. The van der Waals surface area contributed by atoms with E-state index in [0.717, 1.165) is 51.4 Å². The third kappa shape index (κ3) is 12.2. The highest BCUT2D eigenvalue weighted by Gasteiger charge is 2.50. The number of hydrogen-bond donors (Lipinski definition) is 3. The molecule has 0 radical (unpaired) electrons. The quantitative estimate of drug-likeness (QED) is 0.110. The number of hydrogen-bond acceptors (Lipinski definition) is 10. The highest BCUT2D eigenvalue weighted by molar-refractivity contribution is 5.70. The predicted molar refractivity (Wildman–Crippen MR) is 172 cm³/mol. The maximum Gasteiger partial charge on any atom is 0.407 e. The molecule has 0 spiro atoms. The van der Waals surface area contributed by atoms with E-state index in [1.165, 1.54) is 0 Å². The molecule has 0 saturated carbocycles. The second-order valence-corrected chi connectivity index (χ2v) is 11.9. The average molecular weight is 678 g/mol. The Morgan fingerprint density at radius 1 is 0.917 bits per heavy atom. The summed E-state index contributed by atoms with van der Waals surface area (Å²) in [6, 6.07) is 7.25. The summed E-state index contributed by atoms with van der Waals surface area (Å²) in [6.07, 6.45) is 2.26. The van der Waals surface area contributed by atoms with E-state index in [1.54, 1.807) is 30.3 Å². The summed E-state index contributed by atoms with van der Waals surface area (Å²) in [5.41, 5.74) is -1.72. The number of aromatic amines is 1. The predicted octanol–water partition coefficient (Wildman–Crippen LogP) is 4.41. The average Bonchev–Trinajstić information content (AvgIpc) is 3.07. The van der Waals surface area contributed by atoms with Gasteiger partial charge in [-0.05, 0) is 18.4 Å². The SMILES string of the molecule is CCCCCCCC(=O)OC[C@H]1O[C@@H](n2cc(F)c(=O)[nH]c2=O)[C@H](NC(=O)OCc2ccccc2)[C@H](OC(=O)CCCCCCC)[C@@H]1O. The molecule has 1 aliphatic heterocycles. The minimum atomic E-state index is -1.66. The van der Waals surface area contributed by atoms with Crippen LogP contribution >= 0.6 is 0 Å². The van der Waals surface area contributed by atoms with Crippen molar-refractivity contribution in [3.05, 3.63) is 68.7 Å². The number of aliphatic hydroxyl groups excluding tert-OH is 1. The highest BCUT2D eigenvalue weighted by Crippen LogP contribution is 2.31. The number of carbonyl (C=O) groups excluding carboxylic acids is 3. The largest absolute Gasteiger partial charge is 0.463 e. The van der Waals surface area contributed by atoms with E-state index in [-0.39, 0.29) is 19.4 Å². The van der Waals surface area contributed by atoms with E-state index in [2.05, 4.69) is 19.2 Å². The van der Waals surface area contributed by atoms with Crippen LogP contribution in [-0.4, -0.2) is 63.7 Å². The molecule has 13 nitrogen and oxygen atoms in total. The molecule has 2 heterocycles. The minimum Gasteiger partial charge on any atom is -0.463 e. The third-order valence-corrected chi connectivity index (χ3v) is 8.03. The van der Waals surface area contributed by atoms with Crippen molar-refractivity contribution < 1.29 is 42.8 Å². The van der Waals surface area contributed by atoms with Crippen molar-refractivity contribution in [1.29, 1.82) is 0 Å². The molecule has 14 heteroatoms. The number of unbranched alkanes of at least 4 members (excludes halogenated alkanes) is 8. The molecule has 3 N–H and O–H groups in total. The van der Waals surface area contributed by atoms with Crippen LogP contribution in [0.2, 0.25) is 0 Å². The molecule has 2 aromatic rings. The number of benzene rings is 1. The zero-order valence-corrected chi connectivity index (χ0v) is 27.7. The molecule has 1 amide bonds. The molecule has 48 heavy (non-hydrogen) atoms. The number of aromatic nitrogens is 2. The number of halogens is 1. The number of rotatable bonds is 19. The summed E-state index contributed by atoms with van der Waals surface area (Å²) < 4.78 is 37.5. The van der Waals surface area contributed by atoms with E-state index in [9.17, 15) is 33.5 Å². The number of aliphatic hydroxyl groups is 1. The van der Waals surface area contributed by atoms with Crippen LogP contribution in [0.4, 0.5) is 9.18 Å². The second kappa shape index (κ2) is 20.4. The Balaban J connectivity index is 1.87. The van der Waals surface area contributed by atoms with Crippen molar-refractivity contribution in [2.24, 2.45) is 0 Å². The fourth-order valence-corrected chi connectivity index (χ4v) is 5.36. The van der Waals surface area contributed by atoms with E-state index < -0.39 is 72.3 Å². The van der Waals surface area contributed by atoms with E-state index in [4.69, 9.17) is 18.9 Å². The maximum atomic E-state index is 14.5. The number of amides is 1. The standard InChI is InChI=1S/C34H48FN3O10/c1-3-5-7-9-14-18-26(39)45-22-25-29(41)30(48-27(40)19-15-10-8-6-4-2)28(36-34(44)46-21-23-16-12-11-13-17-23)32(47-25)38-20-24(35)31(42)37-33(38)43/h11-13,16-17,20,25,28-30,32,41H,3-10,14-15,18-19,21-22H2,1-2H3,(H,36,44)(H,37,42,43)/t25-,28-,29-,30+,32-/m1/s1. The Morgan fingerprint density at radius 3 is 2.19 bits per heavy atom. The Kier molecular flexibility index (Phi) is 16.3. The van der Waals surface area contributed by atoms with Crippen molar-refractivity contribution >= 4 is 18.0 Å². The monoisotopic (exact) mass is 677 g/mol. The van der Waals surface area contributed by atoms with Crippen LogP contribution in [0.25, 0.3) is 0 Å². The number of H-pyrrole nitrogens is 1. The Labute approximate surface area is 279 Å².